The van der Waals surface area contributed by atoms with Crippen molar-refractivity contribution >= 4 is 0 Å². The van der Waals surface area contributed by atoms with Gasteiger partial charge in [-0.1, -0.05) is 18.6 Å². The third-order valence-corrected chi connectivity index (χ3v) is 1.08. The zero-order valence-corrected chi connectivity index (χ0v) is 7.09. The first-order valence-corrected chi connectivity index (χ1v) is 3.80. The summed E-state index contributed by atoms with van der Waals surface area (Å²) in [5, 5.41) is 1.41. The molecule has 0 aliphatic rings. The standard InChI is InChI=1S/C7H17NO2/c1-4-6-7-10-8(3)9-5-2/h4-7H2,1-3H3. The van der Waals surface area contributed by atoms with Crippen LogP contribution in [0.3, 0.4) is 0 Å². The van der Waals surface area contributed by atoms with Crippen molar-refractivity contribution in [3.8, 4) is 0 Å². The maximum Gasteiger partial charge on any atom is 0.0711 e. The van der Waals surface area contributed by atoms with Gasteiger partial charge >= 0.3 is 0 Å². The molecule has 0 bridgehead atoms. The Kier molecular flexibility index (Phi) is 6.91. The lowest BCUT2D eigenvalue weighted by Crippen LogP contribution is -2.19. The maximum absolute atomic E-state index is 5.13. The maximum atomic E-state index is 5.13. The molecular formula is C7H17NO2. The van der Waals surface area contributed by atoms with Gasteiger partial charge < -0.3 is 0 Å². The highest BCUT2D eigenvalue weighted by atomic mass is 16.9. The molecule has 0 aromatic heterocycles. The third kappa shape index (κ3) is 6.01. The molecule has 0 heterocycles. The molecule has 0 unspecified atom stereocenters. The van der Waals surface area contributed by atoms with E-state index >= 15 is 0 Å². The van der Waals surface area contributed by atoms with Crippen LogP contribution in [-0.2, 0) is 9.68 Å². The molecule has 0 aromatic carbocycles. The van der Waals surface area contributed by atoms with Crippen LogP contribution in [0.1, 0.15) is 26.7 Å². The van der Waals surface area contributed by atoms with Gasteiger partial charge in [-0.25, -0.2) is 0 Å². The van der Waals surface area contributed by atoms with Crippen molar-refractivity contribution in [2.24, 2.45) is 0 Å². The number of hydroxylamine groups is 2. The van der Waals surface area contributed by atoms with Crippen LogP contribution in [0.5, 0.6) is 0 Å². The summed E-state index contributed by atoms with van der Waals surface area (Å²) in [5.41, 5.74) is 0. The van der Waals surface area contributed by atoms with Crippen molar-refractivity contribution in [2.75, 3.05) is 20.3 Å². The largest absolute Gasteiger partial charge is 0.275 e. The Morgan fingerprint density at radius 3 is 2.40 bits per heavy atom. The quantitative estimate of drug-likeness (QED) is 0.421. The summed E-state index contributed by atoms with van der Waals surface area (Å²) in [6.45, 7) is 5.46. The van der Waals surface area contributed by atoms with Crippen LogP contribution in [0.15, 0.2) is 0 Å². The van der Waals surface area contributed by atoms with Gasteiger partial charge in [0.1, 0.15) is 0 Å². The van der Waals surface area contributed by atoms with Crippen molar-refractivity contribution in [2.45, 2.75) is 26.7 Å². The summed E-state index contributed by atoms with van der Waals surface area (Å²) in [6.07, 6.45) is 2.23. The fourth-order valence-electron chi connectivity index (χ4n) is 0.557. The Labute approximate surface area is 62.8 Å². The molecule has 0 aliphatic carbocycles. The predicted molar refractivity (Wildman–Crippen MR) is 40.2 cm³/mol. The number of hydrogen-bond acceptors (Lipinski definition) is 3. The Morgan fingerprint density at radius 2 is 1.90 bits per heavy atom. The molecule has 0 radical (unpaired) electrons. The van der Waals surface area contributed by atoms with Crippen molar-refractivity contribution < 1.29 is 9.68 Å². The smallest absolute Gasteiger partial charge is 0.0711 e. The Bertz CT molecular complexity index is 68.6. The lowest BCUT2D eigenvalue weighted by atomic mass is 10.4. The summed E-state index contributed by atoms with van der Waals surface area (Å²) in [6, 6.07) is 0. The molecule has 0 atom stereocenters. The first-order valence-electron chi connectivity index (χ1n) is 3.80. The molecule has 3 heteroatoms. The van der Waals surface area contributed by atoms with Gasteiger partial charge in [-0.2, -0.15) is 0 Å². The summed E-state index contributed by atoms with van der Waals surface area (Å²) >= 11 is 0. The Morgan fingerprint density at radius 1 is 1.20 bits per heavy atom. The molecular weight excluding hydrogens is 130 g/mol. The molecule has 62 valence electrons. The highest BCUT2D eigenvalue weighted by Gasteiger charge is 1.93. The van der Waals surface area contributed by atoms with E-state index in [0.29, 0.717) is 6.61 Å². The lowest BCUT2D eigenvalue weighted by molar-refractivity contribution is -0.351. The first kappa shape index (κ1) is 9.88. The lowest BCUT2D eigenvalue weighted by Gasteiger charge is -2.13. The van der Waals surface area contributed by atoms with Gasteiger partial charge in [-0.3, -0.25) is 9.68 Å². The van der Waals surface area contributed by atoms with E-state index in [1.165, 1.54) is 5.23 Å². The first-order chi connectivity index (χ1) is 4.81. The molecule has 10 heavy (non-hydrogen) atoms. The van der Waals surface area contributed by atoms with E-state index in [0.717, 1.165) is 19.4 Å². The molecule has 0 spiro atoms. The van der Waals surface area contributed by atoms with Gasteiger partial charge in [-0.15, -0.1) is 0 Å². The highest BCUT2D eigenvalue weighted by Crippen LogP contribution is 1.91. The summed E-state index contributed by atoms with van der Waals surface area (Å²) in [4.78, 5) is 10.1. The van der Waals surface area contributed by atoms with E-state index < -0.39 is 0 Å². The molecule has 3 nitrogen and oxygen atoms in total. The van der Waals surface area contributed by atoms with E-state index in [1.54, 1.807) is 7.05 Å². The predicted octanol–water partition coefficient (Wildman–Crippen LogP) is 1.60. The van der Waals surface area contributed by atoms with Crippen LogP contribution in [0.25, 0.3) is 0 Å². The number of rotatable bonds is 6. The number of unbranched alkanes of at least 4 members (excludes halogenated alkanes) is 1. The second-order valence-corrected chi connectivity index (χ2v) is 2.04. The normalized spacial score (nSPS) is 10.8. The second-order valence-electron chi connectivity index (χ2n) is 2.04. The van der Waals surface area contributed by atoms with Crippen molar-refractivity contribution in [1.82, 2.24) is 5.23 Å². The minimum atomic E-state index is 0.655. The SMILES string of the molecule is CCCCON(C)OCC. The van der Waals surface area contributed by atoms with Gasteiger partial charge in [-0.05, 0) is 13.3 Å². The van der Waals surface area contributed by atoms with Gasteiger partial charge in [0.2, 0.25) is 0 Å². The van der Waals surface area contributed by atoms with Crippen molar-refractivity contribution in [3.05, 3.63) is 0 Å². The van der Waals surface area contributed by atoms with Crippen molar-refractivity contribution in [1.29, 1.82) is 0 Å². The second kappa shape index (κ2) is 6.99. The molecule has 0 rings (SSSR count). The minimum absolute atomic E-state index is 0.655. The van der Waals surface area contributed by atoms with Crippen LogP contribution in [0.2, 0.25) is 0 Å². The zero-order valence-electron chi connectivity index (χ0n) is 7.09. The fraction of sp³-hybridized carbons (Fsp3) is 1.00. The topological polar surface area (TPSA) is 21.7 Å². The van der Waals surface area contributed by atoms with Crippen LogP contribution >= 0.6 is 0 Å². The highest BCUT2D eigenvalue weighted by molar-refractivity contribution is 4.26. The molecule has 0 aliphatic heterocycles. The minimum Gasteiger partial charge on any atom is -0.275 e. The molecule has 0 amide bonds. The average Bonchev–Trinajstić information content (AvgIpc) is 1.89. The average molecular weight is 147 g/mol. The third-order valence-electron chi connectivity index (χ3n) is 1.08. The Balaban J connectivity index is 2.97. The van der Waals surface area contributed by atoms with Crippen LogP contribution in [0, 0.1) is 0 Å². The molecule has 0 N–H and O–H groups in total. The van der Waals surface area contributed by atoms with E-state index in [2.05, 4.69) is 6.92 Å². The van der Waals surface area contributed by atoms with E-state index in [4.69, 9.17) is 9.68 Å². The fourth-order valence-corrected chi connectivity index (χ4v) is 0.557. The van der Waals surface area contributed by atoms with Crippen LogP contribution in [0.4, 0.5) is 0 Å². The van der Waals surface area contributed by atoms with Crippen LogP contribution < -0.4 is 0 Å². The van der Waals surface area contributed by atoms with Gasteiger partial charge in [0.05, 0.1) is 13.2 Å². The molecule has 0 aromatic rings. The van der Waals surface area contributed by atoms with E-state index in [1.807, 2.05) is 6.92 Å². The molecule has 0 saturated carbocycles. The van der Waals surface area contributed by atoms with Crippen LogP contribution in [-0.4, -0.2) is 25.5 Å². The summed E-state index contributed by atoms with van der Waals surface area (Å²) in [5.74, 6) is 0. The number of nitrogens with zero attached hydrogens (tertiary/aromatic N) is 1. The van der Waals surface area contributed by atoms with E-state index in [9.17, 15) is 0 Å². The van der Waals surface area contributed by atoms with Crippen molar-refractivity contribution in [3.63, 3.8) is 0 Å². The summed E-state index contributed by atoms with van der Waals surface area (Å²) in [7, 11) is 1.76. The van der Waals surface area contributed by atoms with Gasteiger partial charge in [0.25, 0.3) is 0 Å². The number of hydrogen-bond donors (Lipinski definition) is 0. The van der Waals surface area contributed by atoms with E-state index in [-0.39, 0.29) is 0 Å². The molecule has 0 fully saturated rings. The van der Waals surface area contributed by atoms with Gasteiger partial charge in [0, 0.05) is 7.05 Å². The summed E-state index contributed by atoms with van der Waals surface area (Å²) < 4.78 is 0. The monoisotopic (exact) mass is 147 g/mol. The molecule has 0 saturated heterocycles. The Hall–Kier alpha value is -0.120. The zero-order chi connectivity index (χ0) is 7.82. The van der Waals surface area contributed by atoms with Gasteiger partial charge in [0.15, 0.2) is 0 Å².